The second kappa shape index (κ2) is 4.45. The Balaban J connectivity index is 2.15. The summed E-state index contributed by atoms with van der Waals surface area (Å²) in [5, 5.41) is 0. The predicted molar refractivity (Wildman–Crippen MR) is 62.8 cm³/mol. The van der Waals surface area contributed by atoms with E-state index in [0.717, 1.165) is 6.42 Å². The Morgan fingerprint density at radius 1 is 1.43 bits per heavy atom. The third kappa shape index (κ3) is 2.01. The van der Waals surface area contributed by atoms with Crippen molar-refractivity contribution in [1.82, 2.24) is 0 Å². The van der Waals surface area contributed by atoms with Gasteiger partial charge in [-0.1, -0.05) is 13.3 Å². The van der Waals surface area contributed by atoms with Gasteiger partial charge in [-0.15, -0.1) is 11.3 Å². The monoisotopic (exact) mass is 209 g/mol. The molecule has 1 aromatic heterocycles. The molecule has 0 radical (unpaired) electrons. The van der Waals surface area contributed by atoms with E-state index in [1.807, 2.05) is 11.3 Å². The van der Waals surface area contributed by atoms with Gasteiger partial charge in [0.15, 0.2) is 0 Å². The fourth-order valence-corrected chi connectivity index (χ4v) is 3.44. The zero-order valence-electron chi connectivity index (χ0n) is 8.88. The topological polar surface area (TPSA) is 26.0 Å². The Labute approximate surface area is 90.3 Å². The average Bonchev–Trinajstić information content (AvgIpc) is 2.61. The van der Waals surface area contributed by atoms with Crippen molar-refractivity contribution in [3.8, 4) is 0 Å². The van der Waals surface area contributed by atoms with Crippen molar-refractivity contribution in [2.45, 2.75) is 51.5 Å². The van der Waals surface area contributed by atoms with Crippen LogP contribution in [0.25, 0.3) is 0 Å². The first-order valence-corrected chi connectivity index (χ1v) is 6.50. The maximum Gasteiger partial charge on any atom is 0.0389 e. The summed E-state index contributed by atoms with van der Waals surface area (Å²) >= 11 is 1.96. The van der Waals surface area contributed by atoms with Crippen LogP contribution in [-0.4, -0.2) is 0 Å². The van der Waals surface area contributed by atoms with Crippen LogP contribution in [0.1, 0.15) is 54.0 Å². The highest BCUT2D eigenvalue weighted by molar-refractivity contribution is 7.12. The molecule has 1 heterocycles. The highest BCUT2D eigenvalue weighted by atomic mass is 32.1. The van der Waals surface area contributed by atoms with E-state index in [1.54, 1.807) is 10.4 Å². The molecule has 0 saturated heterocycles. The fraction of sp³-hybridized carbons (Fsp3) is 0.667. The van der Waals surface area contributed by atoms with Crippen LogP contribution in [0.15, 0.2) is 6.07 Å². The zero-order chi connectivity index (χ0) is 9.97. The van der Waals surface area contributed by atoms with Crippen molar-refractivity contribution in [1.29, 1.82) is 0 Å². The Morgan fingerprint density at radius 2 is 2.21 bits per heavy atom. The number of hydrogen-bond acceptors (Lipinski definition) is 2. The molecule has 0 aliphatic heterocycles. The molecule has 0 amide bonds. The molecule has 0 fully saturated rings. The van der Waals surface area contributed by atoms with Crippen molar-refractivity contribution < 1.29 is 0 Å². The standard InChI is InChI=1S/C12H19NS/c1-2-5-10(13)12-8-9-6-3-4-7-11(9)14-12/h8,10H,2-7,13H2,1H3. The number of hydrogen-bond donors (Lipinski definition) is 1. The van der Waals surface area contributed by atoms with Crippen molar-refractivity contribution in [3.05, 3.63) is 21.4 Å². The Bertz CT molecular complexity index is 280. The molecule has 1 unspecified atom stereocenters. The van der Waals surface area contributed by atoms with Crippen LogP contribution in [0.3, 0.4) is 0 Å². The summed E-state index contributed by atoms with van der Waals surface area (Å²) in [6, 6.07) is 2.65. The molecule has 2 N–H and O–H groups in total. The maximum atomic E-state index is 6.13. The summed E-state index contributed by atoms with van der Waals surface area (Å²) < 4.78 is 0. The molecule has 0 saturated carbocycles. The Hall–Kier alpha value is -0.340. The average molecular weight is 209 g/mol. The summed E-state index contributed by atoms with van der Waals surface area (Å²) in [7, 11) is 0. The highest BCUT2D eigenvalue weighted by Crippen LogP contribution is 2.33. The highest BCUT2D eigenvalue weighted by Gasteiger charge is 2.16. The second-order valence-electron chi connectivity index (χ2n) is 4.20. The van der Waals surface area contributed by atoms with Crippen molar-refractivity contribution in [2.75, 3.05) is 0 Å². The van der Waals surface area contributed by atoms with E-state index in [0.29, 0.717) is 0 Å². The lowest BCUT2D eigenvalue weighted by Crippen LogP contribution is -2.07. The van der Waals surface area contributed by atoms with Gasteiger partial charge in [-0.2, -0.15) is 0 Å². The molecule has 0 bridgehead atoms. The van der Waals surface area contributed by atoms with Gasteiger partial charge in [0.1, 0.15) is 0 Å². The van der Waals surface area contributed by atoms with Crippen LogP contribution in [0.5, 0.6) is 0 Å². The summed E-state index contributed by atoms with van der Waals surface area (Å²) in [4.78, 5) is 3.02. The Morgan fingerprint density at radius 3 is 2.93 bits per heavy atom. The second-order valence-corrected chi connectivity index (χ2v) is 5.37. The largest absolute Gasteiger partial charge is 0.323 e. The van der Waals surface area contributed by atoms with Gasteiger partial charge in [-0.25, -0.2) is 0 Å². The van der Waals surface area contributed by atoms with Gasteiger partial charge in [0, 0.05) is 15.8 Å². The minimum absolute atomic E-state index is 0.288. The van der Waals surface area contributed by atoms with E-state index in [9.17, 15) is 0 Å². The number of fused-ring (bicyclic) bond motifs is 1. The van der Waals surface area contributed by atoms with Gasteiger partial charge in [-0.3, -0.25) is 0 Å². The molecular weight excluding hydrogens is 190 g/mol. The first-order valence-electron chi connectivity index (χ1n) is 5.68. The molecule has 1 aliphatic carbocycles. The van der Waals surface area contributed by atoms with Gasteiger partial charge in [0.05, 0.1) is 0 Å². The minimum Gasteiger partial charge on any atom is -0.323 e. The molecular formula is C12H19NS. The number of rotatable bonds is 3. The van der Waals surface area contributed by atoms with Gasteiger partial charge < -0.3 is 5.73 Å². The molecule has 78 valence electrons. The molecule has 2 rings (SSSR count). The van der Waals surface area contributed by atoms with Crippen molar-refractivity contribution in [2.24, 2.45) is 5.73 Å². The summed E-state index contributed by atoms with van der Waals surface area (Å²) in [6.07, 6.45) is 7.62. The third-order valence-corrected chi connectivity index (χ3v) is 4.35. The molecule has 1 nitrogen and oxygen atoms in total. The van der Waals surface area contributed by atoms with E-state index in [-0.39, 0.29) is 6.04 Å². The van der Waals surface area contributed by atoms with E-state index in [4.69, 9.17) is 5.73 Å². The smallest absolute Gasteiger partial charge is 0.0389 e. The van der Waals surface area contributed by atoms with Crippen LogP contribution >= 0.6 is 11.3 Å². The lowest BCUT2D eigenvalue weighted by molar-refractivity contribution is 0.647. The van der Waals surface area contributed by atoms with Crippen LogP contribution in [0, 0.1) is 0 Å². The summed E-state index contributed by atoms with van der Waals surface area (Å²) in [6.45, 7) is 2.20. The lowest BCUT2D eigenvalue weighted by atomic mass is 9.98. The SMILES string of the molecule is CCCC(N)c1cc2c(s1)CCCC2. The van der Waals surface area contributed by atoms with Gasteiger partial charge in [0.2, 0.25) is 0 Å². The lowest BCUT2D eigenvalue weighted by Gasteiger charge is -2.08. The minimum atomic E-state index is 0.288. The van der Waals surface area contributed by atoms with Crippen LogP contribution in [0.2, 0.25) is 0 Å². The van der Waals surface area contributed by atoms with Gasteiger partial charge in [-0.05, 0) is 43.7 Å². The first kappa shape index (κ1) is 10.2. The Kier molecular flexibility index (Phi) is 3.24. The van der Waals surface area contributed by atoms with Crippen LogP contribution in [0.4, 0.5) is 0 Å². The quantitative estimate of drug-likeness (QED) is 0.811. The van der Waals surface area contributed by atoms with Crippen LogP contribution < -0.4 is 5.73 Å². The molecule has 0 spiro atoms. The maximum absolute atomic E-state index is 6.13. The molecule has 1 aliphatic rings. The first-order chi connectivity index (χ1) is 6.81. The number of nitrogens with two attached hydrogens (primary N) is 1. The fourth-order valence-electron chi connectivity index (χ4n) is 2.15. The molecule has 1 atom stereocenters. The predicted octanol–water partition coefficient (Wildman–Crippen LogP) is 3.43. The molecule has 1 aromatic rings. The van der Waals surface area contributed by atoms with E-state index < -0.39 is 0 Å². The summed E-state index contributed by atoms with van der Waals surface area (Å²) in [5.41, 5.74) is 7.71. The zero-order valence-corrected chi connectivity index (χ0v) is 9.70. The van der Waals surface area contributed by atoms with Crippen LogP contribution in [-0.2, 0) is 12.8 Å². The number of thiophene rings is 1. The van der Waals surface area contributed by atoms with Gasteiger partial charge >= 0.3 is 0 Å². The molecule has 14 heavy (non-hydrogen) atoms. The van der Waals surface area contributed by atoms with E-state index in [2.05, 4.69) is 13.0 Å². The van der Waals surface area contributed by atoms with E-state index >= 15 is 0 Å². The summed E-state index contributed by atoms with van der Waals surface area (Å²) in [5.74, 6) is 0. The number of aryl methyl sites for hydroxylation is 2. The molecule has 2 heteroatoms. The van der Waals surface area contributed by atoms with E-state index in [1.165, 1.54) is 37.0 Å². The molecule has 0 aromatic carbocycles. The third-order valence-electron chi connectivity index (χ3n) is 2.98. The normalized spacial score (nSPS) is 17.9. The van der Waals surface area contributed by atoms with Crippen molar-refractivity contribution >= 4 is 11.3 Å². The van der Waals surface area contributed by atoms with Gasteiger partial charge in [0.25, 0.3) is 0 Å². The van der Waals surface area contributed by atoms with Crippen molar-refractivity contribution in [3.63, 3.8) is 0 Å².